The quantitative estimate of drug-likeness (QED) is 0.722. The van der Waals surface area contributed by atoms with Crippen molar-refractivity contribution in [2.24, 2.45) is 7.05 Å². The molecule has 4 rings (SSSR count). The molecule has 2 aromatic heterocycles. The van der Waals surface area contributed by atoms with Gasteiger partial charge in [-0.05, 0) is 25.0 Å². The minimum absolute atomic E-state index is 0.0888. The van der Waals surface area contributed by atoms with Crippen LogP contribution < -0.4 is 0 Å². The van der Waals surface area contributed by atoms with Crippen molar-refractivity contribution in [3.8, 4) is 5.69 Å². The molecule has 1 aromatic carbocycles. The van der Waals surface area contributed by atoms with Crippen molar-refractivity contribution in [2.45, 2.75) is 18.8 Å². The summed E-state index contributed by atoms with van der Waals surface area (Å²) in [5.74, 6) is 1.04. The lowest BCUT2D eigenvalue weighted by Gasteiger charge is -2.31. The average molecular weight is 337 g/mol. The van der Waals surface area contributed by atoms with Crippen LogP contribution in [-0.2, 0) is 7.05 Å². The number of benzene rings is 1. The highest BCUT2D eigenvalue weighted by molar-refractivity contribution is 5.92. The van der Waals surface area contributed by atoms with Crippen molar-refractivity contribution in [1.82, 2.24) is 34.7 Å². The maximum atomic E-state index is 12.8. The highest BCUT2D eigenvalue weighted by atomic mass is 16.2. The highest BCUT2D eigenvalue weighted by Crippen LogP contribution is 2.25. The van der Waals surface area contributed by atoms with Crippen molar-refractivity contribution in [2.75, 3.05) is 13.1 Å². The number of aryl methyl sites for hydroxylation is 1. The summed E-state index contributed by atoms with van der Waals surface area (Å²) < 4.78 is 3.54. The molecule has 0 N–H and O–H groups in total. The number of hydrogen-bond acceptors (Lipinski definition) is 5. The van der Waals surface area contributed by atoms with E-state index in [0.717, 1.165) is 30.9 Å². The molecule has 25 heavy (non-hydrogen) atoms. The minimum Gasteiger partial charge on any atom is -0.336 e. The molecule has 1 atom stereocenters. The molecule has 0 spiro atoms. The van der Waals surface area contributed by atoms with Gasteiger partial charge < -0.3 is 9.47 Å². The van der Waals surface area contributed by atoms with Crippen molar-refractivity contribution in [3.63, 3.8) is 0 Å². The van der Waals surface area contributed by atoms with Crippen molar-refractivity contribution in [1.29, 1.82) is 0 Å². The second-order valence-electron chi connectivity index (χ2n) is 6.27. The Morgan fingerprint density at radius 3 is 2.80 bits per heavy atom. The highest BCUT2D eigenvalue weighted by Gasteiger charge is 2.29. The molecule has 0 bridgehead atoms. The minimum atomic E-state index is -0.0888. The molecular formula is C17H19N7O. The van der Waals surface area contributed by atoms with Crippen LogP contribution in [0.4, 0.5) is 0 Å². The first-order chi connectivity index (χ1) is 12.2. The van der Waals surface area contributed by atoms with E-state index >= 15 is 0 Å². The molecule has 0 saturated carbocycles. The lowest BCUT2D eigenvalue weighted by molar-refractivity contribution is 0.0697. The van der Waals surface area contributed by atoms with Crippen molar-refractivity contribution in [3.05, 3.63) is 54.4 Å². The van der Waals surface area contributed by atoms with E-state index in [4.69, 9.17) is 0 Å². The van der Waals surface area contributed by atoms with E-state index in [2.05, 4.69) is 20.5 Å². The van der Waals surface area contributed by atoms with Gasteiger partial charge in [-0.1, -0.05) is 23.4 Å². The third kappa shape index (κ3) is 3.02. The Morgan fingerprint density at radius 2 is 2.04 bits per heavy atom. The van der Waals surface area contributed by atoms with Gasteiger partial charge in [0, 0.05) is 26.1 Å². The Balaban J connectivity index is 1.51. The summed E-state index contributed by atoms with van der Waals surface area (Å²) in [4.78, 5) is 14.6. The third-order valence-electron chi connectivity index (χ3n) is 4.55. The third-order valence-corrected chi connectivity index (χ3v) is 4.55. The standard InChI is InChI=1S/C17H19N7O/c1-22-12-18-20-16(22)13-6-5-9-23(10-13)17(25)15-11-24(21-19-15)14-7-3-2-4-8-14/h2-4,7-8,11-13H,5-6,9-10H2,1H3. The van der Waals surface area contributed by atoms with E-state index in [1.54, 1.807) is 17.2 Å². The van der Waals surface area contributed by atoms with Gasteiger partial charge in [-0.2, -0.15) is 0 Å². The molecule has 128 valence electrons. The van der Waals surface area contributed by atoms with Gasteiger partial charge in [0.2, 0.25) is 0 Å². The Morgan fingerprint density at radius 1 is 1.20 bits per heavy atom. The Kier molecular flexibility index (Phi) is 4.01. The molecule has 3 heterocycles. The van der Waals surface area contributed by atoms with E-state index in [1.165, 1.54) is 0 Å². The van der Waals surface area contributed by atoms with Crippen molar-refractivity contribution < 1.29 is 4.79 Å². The topological polar surface area (TPSA) is 81.7 Å². The van der Waals surface area contributed by atoms with Gasteiger partial charge in [0.15, 0.2) is 5.69 Å². The van der Waals surface area contributed by atoms with Gasteiger partial charge in [-0.15, -0.1) is 15.3 Å². The molecule has 1 saturated heterocycles. The van der Waals surface area contributed by atoms with Gasteiger partial charge >= 0.3 is 0 Å². The van der Waals surface area contributed by atoms with Gasteiger partial charge in [0.1, 0.15) is 12.2 Å². The van der Waals surface area contributed by atoms with Crippen LogP contribution in [-0.4, -0.2) is 53.7 Å². The summed E-state index contributed by atoms with van der Waals surface area (Å²) in [5.41, 5.74) is 1.24. The SMILES string of the molecule is Cn1cnnc1C1CCCN(C(=O)c2cn(-c3ccccc3)nn2)C1. The molecule has 3 aromatic rings. The van der Waals surface area contributed by atoms with Crippen LogP contribution in [0.15, 0.2) is 42.9 Å². The maximum Gasteiger partial charge on any atom is 0.276 e. The number of amides is 1. The van der Waals surface area contributed by atoms with Gasteiger partial charge in [-0.25, -0.2) is 4.68 Å². The predicted molar refractivity (Wildman–Crippen MR) is 90.2 cm³/mol. The van der Waals surface area contributed by atoms with Gasteiger partial charge in [-0.3, -0.25) is 4.79 Å². The second kappa shape index (κ2) is 6.46. The normalized spacial score (nSPS) is 17.6. The molecule has 8 nitrogen and oxygen atoms in total. The molecule has 8 heteroatoms. The van der Waals surface area contributed by atoms with E-state index in [1.807, 2.05) is 46.8 Å². The predicted octanol–water partition coefficient (Wildman–Crippen LogP) is 1.42. The number of carbonyl (C=O) groups excluding carboxylic acids is 1. The van der Waals surface area contributed by atoms with E-state index < -0.39 is 0 Å². The summed E-state index contributed by atoms with van der Waals surface area (Å²) in [7, 11) is 1.93. The van der Waals surface area contributed by atoms with Crippen LogP contribution >= 0.6 is 0 Å². The molecule has 1 aliphatic heterocycles. The van der Waals surface area contributed by atoms with Crippen LogP contribution in [0.25, 0.3) is 5.69 Å². The van der Waals surface area contributed by atoms with E-state index in [0.29, 0.717) is 12.2 Å². The number of para-hydroxylation sites is 1. The zero-order valence-corrected chi connectivity index (χ0v) is 14.0. The smallest absolute Gasteiger partial charge is 0.276 e. The number of piperidine rings is 1. The summed E-state index contributed by atoms with van der Waals surface area (Å²) in [6, 6.07) is 9.64. The first kappa shape index (κ1) is 15.5. The lowest BCUT2D eigenvalue weighted by Crippen LogP contribution is -2.39. The van der Waals surface area contributed by atoms with Crippen LogP contribution in [0.1, 0.15) is 35.1 Å². The summed E-state index contributed by atoms with van der Waals surface area (Å²) in [5, 5.41) is 16.3. The average Bonchev–Trinajstić information content (AvgIpc) is 3.31. The van der Waals surface area contributed by atoms with Crippen LogP contribution in [0.3, 0.4) is 0 Å². The summed E-state index contributed by atoms with van der Waals surface area (Å²) >= 11 is 0. The van der Waals surface area contributed by atoms with Crippen LogP contribution in [0.2, 0.25) is 0 Å². The largest absolute Gasteiger partial charge is 0.336 e. The first-order valence-corrected chi connectivity index (χ1v) is 8.33. The molecule has 0 aliphatic carbocycles. The number of nitrogens with zero attached hydrogens (tertiary/aromatic N) is 7. The Labute approximate surface area is 145 Å². The lowest BCUT2D eigenvalue weighted by atomic mass is 9.97. The molecule has 0 radical (unpaired) electrons. The van der Waals surface area contributed by atoms with Crippen LogP contribution in [0, 0.1) is 0 Å². The number of aromatic nitrogens is 6. The second-order valence-corrected chi connectivity index (χ2v) is 6.27. The zero-order chi connectivity index (χ0) is 17.2. The van der Waals surface area contributed by atoms with E-state index in [-0.39, 0.29) is 11.8 Å². The van der Waals surface area contributed by atoms with Gasteiger partial charge in [0.05, 0.1) is 11.9 Å². The number of hydrogen-bond donors (Lipinski definition) is 0. The molecule has 1 amide bonds. The van der Waals surface area contributed by atoms with E-state index in [9.17, 15) is 4.79 Å². The summed E-state index contributed by atoms with van der Waals surface area (Å²) in [6.45, 7) is 1.36. The molecular weight excluding hydrogens is 318 g/mol. The summed E-state index contributed by atoms with van der Waals surface area (Å²) in [6.07, 6.45) is 5.33. The number of rotatable bonds is 3. The monoisotopic (exact) mass is 337 g/mol. The van der Waals surface area contributed by atoms with Crippen LogP contribution in [0.5, 0.6) is 0 Å². The van der Waals surface area contributed by atoms with Gasteiger partial charge in [0.25, 0.3) is 5.91 Å². The number of carbonyl (C=O) groups is 1. The molecule has 1 aliphatic rings. The van der Waals surface area contributed by atoms with Crippen molar-refractivity contribution >= 4 is 5.91 Å². The fourth-order valence-corrected chi connectivity index (χ4v) is 3.26. The Hall–Kier alpha value is -3.03. The zero-order valence-electron chi connectivity index (χ0n) is 14.0. The maximum absolute atomic E-state index is 12.8. The fourth-order valence-electron chi connectivity index (χ4n) is 3.26. The molecule has 1 unspecified atom stereocenters. The fraction of sp³-hybridized carbons (Fsp3) is 0.353. The molecule has 1 fully saturated rings. The first-order valence-electron chi connectivity index (χ1n) is 8.33. The number of likely N-dealkylation sites (tertiary alicyclic amines) is 1. The Bertz CT molecular complexity index is 870.